The minimum absolute atomic E-state index is 0.211. The molecular formula is C30H56O12Si4. The van der Waals surface area contributed by atoms with Crippen LogP contribution in [0.1, 0.15) is 39.5 Å². The smallest absolute Gasteiger partial charge is 0.333 e. The first-order valence-electron chi connectivity index (χ1n) is 16.5. The van der Waals surface area contributed by atoms with Crippen molar-refractivity contribution in [3.8, 4) is 0 Å². The summed E-state index contributed by atoms with van der Waals surface area (Å²) >= 11 is 0. The second-order valence-electron chi connectivity index (χ2n) is 13.3. The zero-order valence-electron chi connectivity index (χ0n) is 28.8. The normalized spacial score (nSPS) is 32.2. The third-order valence-corrected chi connectivity index (χ3v) is 26.6. The number of carbonyl (C=O) groups is 2. The van der Waals surface area contributed by atoms with Gasteiger partial charge in [-0.05, 0) is 89.9 Å². The van der Waals surface area contributed by atoms with Gasteiger partial charge in [-0.1, -0.05) is 13.2 Å². The Morgan fingerprint density at radius 1 is 0.587 bits per heavy atom. The number of ether oxygens (including phenoxy) is 6. The molecule has 46 heavy (non-hydrogen) atoms. The minimum Gasteiger partial charge on any atom is -0.462 e. The summed E-state index contributed by atoms with van der Waals surface area (Å²) in [5, 5.41) is 0. The van der Waals surface area contributed by atoms with Gasteiger partial charge in [0.25, 0.3) is 0 Å². The van der Waals surface area contributed by atoms with Crippen molar-refractivity contribution in [2.24, 2.45) is 0 Å². The summed E-state index contributed by atoms with van der Waals surface area (Å²) in [5.74, 6) is -0.805. The summed E-state index contributed by atoms with van der Waals surface area (Å²) in [7, 11) is -11.5. The van der Waals surface area contributed by atoms with E-state index >= 15 is 0 Å². The van der Waals surface area contributed by atoms with E-state index in [4.69, 9.17) is 44.9 Å². The molecule has 264 valence electrons. The molecule has 3 saturated heterocycles. The number of hydrogen-bond acceptors (Lipinski definition) is 12. The van der Waals surface area contributed by atoms with Crippen LogP contribution in [0.2, 0.25) is 50.4 Å². The van der Waals surface area contributed by atoms with Crippen molar-refractivity contribution in [2.75, 3.05) is 52.9 Å². The van der Waals surface area contributed by atoms with Crippen molar-refractivity contribution < 1.29 is 54.5 Å². The first-order valence-corrected chi connectivity index (χ1v) is 26.6. The lowest BCUT2D eigenvalue weighted by Crippen LogP contribution is -2.67. The molecule has 0 bridgehead atoms. The van der Waals surface area contributed by atoms with Crippen molar-refractivity contribution in [2.45, 2.75) is 102 Å². The fraction of sp³-hybridized carbons (Fsp3) is 0.800. The molecule has 3 aliphatic rings. The highest BCUT2D eigenvalue weighted by Crippen LogP contribution is 2.38. The molecule has 3 aliphatic heterocycles. The van der Waals surface area contributed by atoms with Crippen LogP contribution in [-0.4, -0.2) is 111 Å². The molecule has 3 heterocycles. The highest BCUT2D eigenvalue weighted by Gasteiger charge is 2.56. The SMILES string of the molecule is C=C(C)C(=O)OCCC[Si]1(C)O[Si](C)(CCCOCC2CO2)O[Si](C)(CCCOC(=O)C(=C)C)O[Si](C)(CCCOCC2CO2)O1. The zero-order chi connectivity index (χ0) is 33.8. The van der Waals surface area contributed by atoms with Crippen LogP contribution in [0.3, 0.4) is 0 Å². The van der Waals surface area contributed by atoms with Gasteiger partial charge in [-0.25, -0.2) is 9.59 Å². The Kier molecular flexibility index (Phi) is 15.5. The van der Waals surface area contributed by atoms with Crippen LogP contribution in [0.5, 0.6) is 0 Å². The van der Waals surface area contributed by atoms with Gasteiger partial charge in [0.2, 0.25) is 0 Å². The molecule has 16 heteroatoms. The molecular weight excluding hydrogens is 665 g/mol. The number of epoxide rings is 2. The van der Waals surface area contributed by atoms with E-state index in [1.807, 2.05) is 0 Å². The van der Waals surface area contributed by atoms with Gasteiger partial charge in [0, 0.05) is 24.4 Å². The fourth-order valence-corrected chi connectivity index (χ4v) is 28.6. The lowest BCUT2D eigenvalue weighted by atomic mass is 10.4. The first-order chi connectivity index (χ1) is 21.6. The zero-order valence-corrected chi connectivity index (χ0v) is 32.8. The minimum atomic E-state index is -2.89. The molecule has 12 nitrogen and oxygen atoms in total. The van der Waals surface area contributed by atoms with Crippen molar-refractivity contribution in [3.05, 3.63) is 24.3 Å². The molecule has 0 saturated carbocycles. The molecule has 0 amide bonds. The second-order valence-corrected chi connectivity index (χ2v) is 27.6. The maximum atomic E-state index is 12.0. The number of esters is 2. The van der Waals surface area contributed by atoms with Crippen molar-refractivity contribution >= 4 is 46.2 Å². The highest BCUT2D eigenvalue weighted by atomic mass is 28.5. The predicted octanol–water partition coefficient (Wildman–Crippen LogP) is 4.98. The Morgan fingerprint density at radius 3 is 1.13 bits per heavy atom. The molecule has 0 aromatic carbocycles. The van der Waals surface area contributed by atoms with E-state index in [1.165, 1.54) is 0 Å². The maximum absolute atomic E-state index is 12.0. The molecule has 3 fully saturated rings. The Morgan fingerprint density at radius 2 is 0.870 bits per heavy atom. The summed E-state index contributed by atoms with van der Waals surface area (Å²) < 4.78 is 61.5. The summed E-state index contributed by atoms with van der Waals surface area (Å²) in [6.45, 7) is 23.3. The average Bonchev–Trinajstić information content (AvgIpc) is 3.88. The van der Waals surface area contributed by atoms with Gasteiger partial charge in [0.15, 0.2) is 0 Å². The van der Waals surface area contributed by atoms with Gasteiger partial charge < -0.3 is 44.9 Å². The van der Waals surface area contributed by atoms with Gasteiger partial charge in [-0.3, -0.25) is 0 Å². The summed E-state index contributed by atoms with van der Waals surface area (Å²) in [4.78, 5) is 24.0. The molecule has 3 rings (SSSR count). The van der Waals surface area contributed by atoms with Crippen molar-refractivity contribution in [1.82, 2.24) is 0 Å². The van der Waals surface area contributed by atoms with Crippen LogP contribution in [0, 0.1) is 0 Å². The average molecular weight is 721 g/mol. The van der Waals surface area contributed by atoms with E-state index in [0.29, 0.717) is 74.6 Å². The second kappa shape index (κ2) is 18.1. The van der Waals surface area contributed by atoms with Gasteiger partial charge in [0.1, 0.15) is 12.2 Å². The van der Waals surface area contributed by atoms with Crippen molar-refractivity contribution in [3.63, 3.8) is 0 Å². The van der Waals surface area contributed by atoms with Crippen LogP contribution < -0.4 is 0 Å². The van der Waals surface area contributed by atoms with E-state index in [0.717, 1.165) is 26.1 Å². The topological polar surface area (TPSA) is 133 Å². The van der Waals surface area contributed by atoms with Crippen LogP contribution in [0.25, 0.3) is 0 Å². The highest BCUT2D eigenvalue weighted by molar-refractivity contribution is 6.93. The number of carbonyl (C=O) groups excluding carboxylic acids is 2. The Hall–Kier alpha value is -1.03. The van der Waals surface area contributed by atoms with Crippen LogP contribution >= 0.6 is 0 Å². The monoisotopic (exact) mass is 720 g/mol. The molecule has 0 spiro atoms. The maximum Gasteiger partial charge on any atom is 0.333 e. The Bertz CT molecular complexity index is 943. The third-order valence-electron chi connectivity index (χ3n) is 7.69. The molecule has 0 radical (unpaired) electrons. The Balaban J connectivity index is 1.75. The van der Waals surface area contributed by atoms with E-state index in [1.54, 1.807) is 13.8 Å². The predicted molar refractivity (Wildman–Crippen MR) is 181 cm³/mol. The van der Waals surface area contributed by atoms with E-state index in [-0.39, 0.29) is 25.4 Å². The summed E-state index contributed by atoms with van der Waals surface area (Å²) in [6, 6.07) is 2.66. The largest absolute Gasteiger partial charge is 0.462 e. The van der Waals surface area contributed by atoms with E-state index < -0.39 is 46.2 Å². The molecule has 0 N–H and O–H groups in total. The van der Waals surface area contributed by atoms with E-state index in [2.05, 4.69) is 39.3 Å². The van der Waals surface area contributed by atoms with Crippen LogP contribution in [-0.2, 0) is 54.5 Å². The van der Waals surface area contributed by atoms with Crippen LogP contribution in [0.15, 0.2) is 24.3 Å². The molecule has 0 aromatic heterocycles. The molecule has 0 aromatic rings. The quantitative estimate of drug-likeness (QED) is 0.0491. The van der Waals surface area contributed by atoms with Gasteiger partial charge >= 0.3 is 46.2 Å². The fourth-order valence-electron chi connectivity index (χ4n) is 5.43. The molecule has 2 unspecified atom stereocenters. The lowest BCUT2D eigenvalue weighted by molar-refractivity contribution is -0.139. The van der Waals surface area contributed by atoms with E-state index in [9.17, 15) is 9.59 Å². The standard InChI is InChI=1S/C30H56O12Si4/c1-25(2)29(31)35-15-11-19-45(7)39-43(5,17-9-13-33-21-27-23-37-27)41-46(8,20-12-16-36-30(32)26(3)4)42-44(6,40-45)18-10-14-34-22-28-24-38-28/h27-28H,1,3,9-24H2,2,4-8H3. The number of hydrogen-bond donors (Lipinski definition) is 0. The van der Waals surface area contributed by atoms with Gasteiger partial charge in [-0.15, -0.1) is 0 Å². The lowest BCUT2D eigenvalue weighted by Gasteiger charge is -2.50. The number of rotatable bonds is 22. The van der Waals surface area contributed by atoms with Gasteiger partial charge in [0.05, 0.1) is 39.6 Å². The molecule has 2 atom stereocenters. The Labute approximate surface area is 279 Å². The third kappa shape index (κ3) is 15.0. The van der Waals surface area contributed by atoms with Gasteiger partial charge in [-0.2, -0.15) is 0 Å². The summed E-state index contributed by atoms with van der Waals surface area (Å²) in [6.07, 6.45) is 3.15. The van der Waals surface area contributed by atoms with Crippen LogP contribution in [0.4, 0.5) is 0 Å². The molecule has 0 aliphatic carbocycles. The van der Waals surface area contributed by atoms with Crippen molar-refractivity contribution in [1.29, 1.82) is 0 Å². The first kappa shape index (κ1) is 39.4. The summed E-state index contributed by atoms with van der Waals surface area (Å²) in [5.41, 5.74) is 0.737.